The van der Waals surface area contributed by atoms with Crippen molar-refractivity contribution in [1.82, 2.24) is 15.6 Å². The minimum atomic E-state index is -0.865. The Bertz CT molecular complexity index is 950. The molecule has 6 heteroatoms. The lowest BCUT2D eigenvalue weighted by Crippen LogP contribution is -2.43. The van der Waals surface area contributed by atoms with E-state index in [-0.39, 0.29) is 18.5 Å². The Morgan fingerprint density at radius 1 is 1.07 bits per heavy atom. The maximum absolute atomic E-state index is 12.4. The van der Waals surface area contributed by atoms with Crippen LogP contribution < -0.4 is 10.6 Å². The van der Waals surface area contributed by atoms with Crippen molar-refractivity contribution in [2.75, 3.05) is 0 Å². The molecule has 0 fully saturated rings. The van der Waals surface area contributed by atoms with Crippen LogP contribution in [0.3, 0.4) is 0 Å². The number of aliphatic carboxylic acids is 1. The predicted octanol–water partition coefficient (Wildman–Crippen LogP) is 3.75. The van der Waals surface area contributed by atoms with Gasteiger partial charge in [-0.3, -0.25) is 4.79 Å². The molecule has 146 valence electrons. The smallest absolute Gasteiger partial charge is 0.315 e. The molecule has 0 saturated carbocycles. The van der Waals surface area contributed by atoms with Crippen molar-refractivity contribution in [1.29, 1.82) is 0 Å². The summed E-state index contributed by atoms with van der Waals surface area (Å²) in [6.45, 7) is 2.42. The van der Waals surface area contributed by atoms with Gasteiger partial charge in [-0.15, -0.1) is 0 Å². The van der Waals surface area contributed by atoms with Gasteiger partial charge in [0.05, 0.1) is 0 Å². The van der Waals surface area contributed by atoms with Gasteiger partial charge in [0.25, 0.3) is 0 Å². The quantitative estimate of drug-likeness (QED) is 0.480. The van der Waals surface area contributed by atoms with E-state index in [1.165, 1.54) is 0 Å². The van der Waals surface area contributed by atoms with Crippen molar-refractivity contribution in [3.05, 3.63) is 71.4 Å². The van der Waals surface area contributed by atoms with Gasteiger partial charge in [0, 0.05) is 30.2 Å². The SMILES string of the molecule is Cc1cc2cc(CNC(=O)NC(CCC(=O)O)Cc3ccccc3)ccc2[nH]1. The van der Waals surface area contributed by atoms with Gasteiger partial charge in [0.15, 0.2) is 0 Å². The van der Waals surface area contributed by atoms with Gasteiger partial charge in [0.1, 0.15) is 0 Å². The number of benzene rings is 2. The van der Waals surface area contributed by atoms with Crippen molar-refractivity contribution in [2.45, 2.75) is 38.8 Å². The zero-order chi connectivity index (χ0) is 19.9. The fourth-order valence-electron chi connectivity index (χ4n) is 3.28. The summed E-state index contributed by atoms with van der Waals surface area (Å²) in [5.74, 6) is -0.865. The molecule has 1 aromatic heterocycles. The number of aromatic amines is 1. The van der Waals surface area contributed by atoms with Gasteiger partial charge in [-0.2, -0.15) is 0 Å². The van der Waals surface area contributed by atoms with Crippen molar-refractivity contribution in [3.63, 3.8) is 0 Å². The first-order valence-electron chi connectivity index (χ1n) is 9.38. The second-order valence-electron chi connectivity index (χ2n) is 7.02. The van der Waals surface area contributed by atoms with Gasteiger partial charge in [-0.05, 0) is 54.5 Å². The van der Waals surface area contributed by atoms with E-state index in [0.29, 0.717) is 19.4 Å². The largest absolute Gasteiger partial charge is 0.481 e. The highest BCUT2D eigenvalue weighted by Crippen LogP contribution is 2.16. The van der Waals surface area contributed by atoms with E-state index >= 15 is 0 Å². The number of rotatable bonds is 8. The molecule has 0 radical (unpaired) electrons. The number of amides is 2. The summed E-state index contributed by atoms with van der Waals surface area (Å²) in [5, 5.41) is 15.9. The van der Waals surface area contributed by atoms with E-state index in [1.807, 2.05) is 55.5 Å². The average molecular weight is 379 g/mol. The Morgan fingerprint density at radius 2 is 1.86 bits per heavy atom. The van der Waals surface area contributed by atoms with Crippen molar-refractivity contribution < 1.29 is 14.7 Å². The molecular weight excluding hydrogens is 354 g/mol. The van der Waals surface area contributed by atoms with Crippen LogP contribution in [0.5, 0.6) is 0 Å². The van der Waals surface area contributed by atoms with E-state index in [9.17, 15) is 9.59 Å². The van der Waals surface area contributed by atoms with Gasteiger partial charge in [0.2, 0.25) is 0 Å². The Morgan fingerprint density at radius 3 is 2.61 bits per heavy atom. The highest BCUT2D eigenvalue weighted by molar-refractivity contribution is 5.81. The molecule has 2 aromatic carbocycles. The number of aromatic nitrogens is 1. The van der Waals surface area contributed by atoms with E-state index in [0.717, 1.165) is 27.7 Å². The standard InChI is InChI=1S/C22H25N3O3/c1-15-11-18-12-17(7-9-20(18)24-15)14-23-22(28)25-19(8-10-21(26)27)13-16-5-3-2-4-6-16/h2-7,9,11-12,19,24H,8,10,13-14H2,1H3,(H,26,27)(H2,23,25,28). The summed E-state index contributed by atoms with van der Waals surface area (Å²) >= 11 is 0. The minimum absolute atomic E-state index is 0.0152. The van der Waals surface area contributed by atoms with E-state index < -0.39 is 5.97 Å². The molecule has 1 atom stereocenters. The number of carboxylic acids is 1. The van der Waals surface area contributed by atoms with Crippen LogP contribution in [0.15, 0.2) is 54.6 Å². The molecule has 3 rings (SSSR count). The third-order valence-corrected chi connectivity index (χ3v) is 4.64. The second-order valence-corrected chi connectivity index (χ2v) is 7.02. The summed E-state index contributed by atoms with van der Waals surface area (Å²) in [7, 11) is 0. The molecule has 0 aliphatic rings. The van der Waals surface area contributed by atoms with Crippen LogP contribution in [0.1, 0.15) is 29.7 Å². The van der Waals surface area contributed by atoms with E-state index in [4.69, 9.17) is 5.11 Å². The van der Waals surface area contributed by atoms with Gasteiger partial charge in [-0.25, -0.2) is 4.79 Å². The summed E-state index contributed by atoms with van der Waals surface area (Å²) < 4.78 is 0. The van der Waals surface area contributed by atoms with Crippen LogP contribution in [0, 0.1) is 6.92 Å². The lowest BCUT2D eigenvalue weighted by atomic mass is 10.0. The number of hydrogen-bond acceptors (Lipinski definition) is 2. The number of H-pyrrole nitrogens is 1. The van der Waals surface area contributed by atoms with Crippen LogP contribution in [0.2, 0.25) is 0 Å². The third kappa shape index (κ3) is 5.61. The molecule has 6 nitrogen and oxygen atoms in total. The molecule has 0 spiro atoms. The molecule has 4 N–H and O–H groups in total. The Hall–Kier alpha value is -3.28. The summed E-state index contributed by atoms with van der Waals surface area (Å²) in [4.78, 5) is 26.6. The fraction of sp³-hybridized carbons (Fsp3) is 0.273. The van der Waals surface area contributed by atoms with E-state index in [2.05, 4.69) is 21.7 Å². The van der Waals surface area contributed by atoms with Crippen LogP contribution >= 0.6 is 0 Å². The van der Waals surface area contributed by atoms with Gasteiger partial charge in [-0.1, -0.05) is 36.4 Å². The van der Waals surface area contributed by atoms with Crippen LogP contribution in [0.4, 0.5) is 4.79 Å². The first kappa shape index (κ1) is 19.5. The topological polar surface area (TPSA) is 94.2 Å². The monoisotopic (exact) mass is 379 g/mol. The van der Waals surface area contributed by atoms with Crippen molar-refractivity contribution in [2.24, 2.45) is 0 Å². The summed E-state index contributed by atoms with van der Waals surface area (Å²) in [6.07, 6.45) is 0.990. The molecule has 0 aliphatic carbocycles. The average Bonchev–Trinajstić information content (AvgIpc) is 3.04. The molecule has 0 aliphatic heterocycles. The maximum atomic E-state index is 12.4. The number of fused-ring (bicyclic) bond motifs is 1. The van der Waals surface area contributed by atoms with Crippen LogP contribution in [-0.4, -0.2) is 28.1 Å². The number of carbonyl (C=O) groups excluding carboxylic acids is 1. The predicted molar refractivity (Wildman–Crippen MR) is 109 cm³/mol. The normalized spacial score (nSPS) is 11.9. The van der Waals surface area contributed by atoms with Crippen LogP contribution in [-0.2, 0) is 17.8 Å². The number of carboxylic acid groups (broad SMARTS) is 1. The summed E-state index contributed by atoms with van der Waals surface area (Å²) in [6, 6.07) is 17.3. The molecule has 1 heterocycles. The van der Waals surface area contributed by atoms with Crippen molar-refractivity contribution in [3.8, 4) is 0 Å². The highest BCUT2D eigenvalue weighted by Gasteiger charge is 2.15. The molecule has 28 heavy (non-hydrogen) atoms. The molecule has 0 bridgehead atoms. The first-order valence-corrected chi connectivity index (χ1v) is 9.38. The molecule has 2 amide bonds. The second kappa shape index (κ2) is 9.08. The lowest BCUT2D eigenvalue weighted by Gasteiger charge is -2.19. The minimum Gasteiger partial charge on any atom is -0.481 e. The first-order chi connectivity index (χ1) is 13.5. The summed E-state index contributed by atoms with van der Waals surface area (Å²) in [5.41, 5.74) is 4.24. The Balaban J connectivity index is 1.57. The highest BCUT2D eigenvalue weighted by atomic mass is 16.4. The van der Waals surface area contributed by atoms with Crippen LogP contribution in [0.25, 0.3) is 10.9 Å². The lowest BCUT2D eigenvalue weighted by molar-refractivity contribution is -0.137. The van der Waals surface area contributed by atoms with Gasteiger partial charge >= 0.3 is 12.0 Å². The number of hydrogen-bond donors (Lipinski definition) is 4. The molecule has 1 unspecified atom stereocenters. The zero-order valence-electron chi connectivity index (χ0n) is 15.9. The molecule has 0 saturated heterocycles. The number of aryl methyl sites for hydroxylation is 1. The fourth-order valence-corrected chi connectivity index (χ4v) is 3.28. The number of urea groups is 1. The molecular formula is C22H25N3O3. The number of carbonyl (C=O) groups is 2. The molecule has 3 aromatic rings. The number of nitrogens with one attached hydrogen (secondary N) is 3. The van der Waals surface area contributed by atoms with Gasteiger partial charge < -0.3 is 20.7 Å². The third-order valence-electron chi connectivity index (χ3n) is 4.64. The zero-order valence-corrected chi connectivity index (χ0v) is 15.9. The Labute approximate surface area is 164 Å². The Kier molecular flexibility index (Phi) is 6.32. The van der Waals surface area contributed by atoms with E-state index in [1.54, 1.807) is 0 Å². The van der Waals surface area contributed by atoms with Crippen molar-refractivity contribution >= 4 is 22.9 Å². The maximum Gasteiger partial charge on any atom is 0.315 e.